The maximum absolute atomic E-state index is 5.93. The van der Waals surface area contributed by atoms with E-state index in [2.05, 4.69) is 38.0 Å². The smallest absolute Gasteiger partial charge is 0.162 e. The van der Waals surface area contributed by atoms with Crippen LogP contribution in [0.5, 0.6) is 5.75 Å². The molecule has 5 heterocycles. The van der Waals surface area contributed by atoms with Gasteiger partial charge in [0, 0.05) is 61.6 Å². The summed E-state index contributed by atoms with van der Waals surface area (Å²) >= 11 is 0. The summed E-state index contributed by atoms with van der Waals surface area (Å²) in [6.07, 6.45) is 7.39. The number of anilines is 1. The number of hydrogen-bond acceptors (Lipinski definition) is 8. The second kappa shape index (κ2) is 9.52. The summed E-state index contributed by atoms with van der Waals surface area (Å²) in [4.78, 5) is 18.6. The third-order valence-electron chi connectivity index (χ3n) is 6.70. The Kier molecular flexibility index (Phi) is 5.92. The number of likely N-dealkylation sites (N-methyl/N-ethyl adjacent to an activating group) is 1. The highest BCUT2D eigenvalue weighted by Crippen LogP contribution is 2.31. The van der Waals surface area contributed by atoms with Crippen LogP contribution in [0.4, 0.5) is 5.82 Å². The molecule has 5 aromatic rings. The Morgan fingerprint density at radius 2 is 1.81 bits per heavy atom. The van der Waals surface area contributed by atoms with Crippen LogP contribution in [0.3, 0.4) is 0 Å². The van der Waals surface area contributed by atoms with E-state index in [1.807, 2.05) is 55.0 Å². The molecular formula is C27H28N8O. The van der Waals surface area contributed by atoms with Gasteiger partial charge in [-0.25, -0.2) is 14.5 Å². The standard InChI is InChI=1S/C27H28N8O/c1-33-9-11-34(12-10-33)13-14-36-20-5-7-24(29-16-20)19-15-30-27-23(17-31-35(27)18-19)21-3-2-4-25-22(21)6-8-26(28)32-25/h2-8,15-18H,9-14H2,1H3,(H2,28,32). The molecule has 4 aromatic heterocycles. The minimum Gasteiger partial charge on any atom is -0.491 e. The Bertz CT molecular complexity index is 1510. The van der Waals surface area contributed by atoms with E-state index in [0.717, 1.165) is 77.4 Å². The number of rotatable bonds is 6. The van der Waals surface area contributed by atoms with Gasteiger partial charge in [0.05, 0.1) is 23.6 Å². The molecule has 9 heteroatoms. The quantitative estimate of drug-likeness (QED) is 0.396. The first-order chi connectivity index (χ1) is 17.6. The average Bonchev–Trinajstić information content (AvgIpc) is 3.33. The predicted octanol–water partition coefficient (Wildman–Crippen LogP) is 3.21. The molecule has 1 saturated heterocycles. The first-order valence-corrected chi connectivity index (χ1v) is 12.1. The van der Waals surface area contributed by atoms with Crippen LogP contribution in [0.15, 0.2) is 67.3 Å². The van der Waals surface area contributed by atoms with Crippen molar-refractivity contribution in [2.45, 2.75) is 0 Å². The molecule has 2 N–H and O–H groups in total. The lowest BCUT2D eigenvalue weighted by atomic mass is 10.0. The second-order valence-electron chi connectivity index (χ2n) is 9.15. The van der Waals surface area contributed by atoms with Crippen LogP contribution < -0.4 is 10.5 Å². The van der Waals surface area contributed by atoms with Crippen LogP contribution in [0, 0.1) is 0 Å². The van der Waals surface area contributed by atoms with E-state index in [9.17, 15) is 0 Å². The number of aromatic nitrogens is 5. The van der Waals surface area contributed by atoms with E-state index in [-0.39, 0.29) is 0 Å². The molecule has 0 saturated carbocycles. The van der Waals surface area contributed by atoms with Crippen LogP contribution in [0.25, 0.3) is 38.9 Å². The van der Waals surface area contributed by atoms with Gasteiger partial charge in [0.1, 0.15) is 18.2 Å². The van der Waals surface area contributed by atoms with Crippen molar-refractivity contribution in [3.63, 3.8) is 0 Å². The maximum Gasteiger partial charge on any atom is 0.162 e. The van der Waals surface area contributed by atoms with Crippen molar-refractivity contribution in [3.8, 4) is 28.1 Å². The van der Waals surface area contributed by atoms with E-state index in [1.165, 1.54) is 0 Å². The molecule has 1 aliphatic rings. The summed E-state index contributed by atoms with van der Waals surface area (Å²) < 4.78 is 7.72. The number of nitrogen functional groups attached to an aromatic ring is 1. The van der Waals surface area contributed by atoms with Crippen LogP contribution in [-0.2, 0) is 0 Å². The average molecular weight is 481 g/mol. The van der Waals surface area contributed by atoms with Gasteiger partial charge >= 0.3 is 0 Å². The Morgan fingerprint density at radius 3 is 2.64 bits per heavy atom. The van der Waals surface area contributed by atoms with Crippen molar-refractivity contribution in [2.24, 2.45) is 0 Å². The van der Waals surface area contributed by atoms with E-state index < -0.39 is 0 Å². The SMILES string of the molecule is CN1CCN(CCOc2ccc(-c3cnc4c(-c5cccc6nc(N)ccc56)cnn4c3)nc2)CC1. The Hall–Kier alpha value is -4.08. The van der Waals surface area contributed by atoms with Crippen molar-refractivity contribution < 1.29 is 4.74 Å². The maximum atomic E-state index is 5.93. The largest absolute Gasteiger partial charge is 0.491 e. The lowest BCUT2D eigenvalue weighted by Gasteiger charge is -2.32. The molecule has 182 valence electrons. The minimum absolute atomic E-state index is 0.501. The summed E-state index contributed by atoms with van der Waals surface area (Å²) in [5, 5.41) is 5.57. The monoisotopic (exact) mass is 480 g/mol. The first-order valence-electron chi connectivity index (χ1n) is 12.1. The summed E-state index contributed by atoms with van der Waals surface area (Å²) in [5.74, 6) is 1.27. The highest BCUT2D eigenvalue weighted by atomic mass is 16.5. The molecule has 0 amide bonds. The van der Waals surface area contributed by atoms with Crippen molar-refractivity contribution in [2.75, 3.05) is 52.1 Å². The van der Waals surface area contributed by atoms with Gasteiger partial charge in [-0.2, -0.15) is 5.10 Å². The zero-order valence-electron chi connectivity index (χ0n) is 20.2. The summed E-state index contributed by atoms with van der Waals surface area (Å²) in [5.41, 5.74) is 11.1. The van der Waals surface area contributed by atoms with Gasteiger partial charge in [0.25, 0.3) is 0 Å². The molecule has 6 rings (SSSR count). The number of benzene rings is 1. The summed E-state index contributed by atoms with van der Waals surface area (Å²) in [7, 11) is 2.17. The van der Waals surface area contributed by atoms with Crippen molar-refractivity contribution in [1.29, 1.82) is 0 Å². The summed E-state index contributed by atoms with van der Waals surface area (Å²) in [6.45, 7) is 5.99. The van der Waals surface area contributed by atoms with E-state index in [1.54, 1.807) is 10.7 Å². The van der Waals surface area contributed by atoms with E-state index in [4.69, 9.17) is 15.5 Å². The molecular weight excluding hydrogens is 452 g/mol. The zero-order chi connectivity index (χ0) is 24.5. The van der Waals surface area contributed by atoms with Gasteiger partial charge in [-0.15, -0.1) is 0 Å². The Balaban J connectivity index is 1.18. The topological polar surface area (TPSA) is 97.7 Å². The van der Waals surface area contributed by atoms with Gasteiger partial charge in [-0.3, -0.25) is 9.88 Å². The Morgan fingerprint density at radius 1 is 0.917 bits per heavy atom. The number of hydrogen-bond donors (Lipinski definition) is 1. The van der Waals surface area contributed by atoms with Crippen molar-refractivity contribution >= 4 is 22.4 Å². The molecule has 0 unspecified atom stereocenters. The molecule has 0 aliphatic carbocycles. The van der Waals surface area contributed by atoms with Crippen LogP contribution in [-0.4, -0.2) is 80.7 Å². The fraction of sp³-hybridized carbons (Fsp3) is 0.259. The number of nitrogens with zero attached hydrogens (tertiary/aromatic N) is 7. The lowest BCUT2D eigenvalue weighted by Crippen LogP contribution is -2.45. The Labute approximate surface area is 209 Å². The molecule has 0 atom stereocenters. The number of pyridine rings is 2. The second-order valence-corrected chi connectivity index (χ2v) is 9.15. The number of piperazine rings is 1. The molecule has 1 fully saturated rings. The van der Waals surface area contributed by atoms with Gasteiger partial charge in [-0.05, 0) is 42.9 Å². The van der Waals surface area contributed by atoms with Crippen LogP contribution >= 0.6 is 0 Å². The molecule has 1 aromatic carbocycles. The van der Waals surface area contributed by atoms with E-state index in [0.29, 0.717) is 12.4 Å². The fourth-order valence-corrected chi connectivity index (χ4v) is 4.60. The molecule has 0 radical (unpaired) electrons. The molecule has 9 nitrogen and oxygen atoms in total. The van der Waals surface area contributed by atoms with Crippen molar-refractivity contribution in [3.05, 3.63) is 67.3 Å². The van der Waals surface area contributed by atoms with Gasteiger partial charge in [0.15, 0.2) is 5.65 Å². The first kappa shape index (κ1) is 22.4. The van der Waals surface area contributed by atoms with Gasteiger partial charge in [0.2, 0.25) is 0 Å². The predicted molar refractivity (Wildman–Crippen MR) is 141 cm³/mol. The molecule has 1 aliphatic heterocycles. The van der Waals surface area contributed by atoms with Crippen LogP contribution in [0.1, 0.15) is 0 Å². The summed E-state index contributed by atoms with van der Waals surface area (Å²) in [6, 6.07) is 13.7. The van der Waals surface area contributed by atoms with Crippen molar-refractivity contribution in [1.82, 2.24) is 34.4 Å². The molecule has 0 bridgehead atoms. The normalized spacial score (nSPS) is 15.0. The molecule has 0 spiro atoms. The highest BCUT2D eigenvalue weighted by molar-refractivity contribution is 5.98. The van der Waals surface area contributed by atoms with Crippen LogP contribution in [0.2, 0.25) is 0 Å². The lowest BCUT2D eigenvalue weighted by molar-refractivity contribution is 0.133. The number of nitrogens with two attached hydrogens (primary N) is 1. The fourth-order valence-electron chi connectivity index (χ4n) is 4.60. The third-order valence-corrected chi connectivity index (χ3v) is 6.70. The van der Waals surface area contributed by atoms with Gasteiger partial charge in [-0.1, -0.05) is 12.1 Å². The molecule has 36 heavy (non-hydrogen) atoms. The highest BCUT2D eigenvalue weighted by Gasteiger charge is 2.14. The zero-order valence-corrected chi connectivity index (χ0v) is 20.2. The van der Waals surface area contributed by atoms with Gasteiger partial charge < -0.3 is 15.4 Å². The minimum atomic E-state index is 0.501. The number of fused-ring (bicyclic) bond motifs is 2. The number of ether oxygens (including phenoxy) is 1. The third kappa shape index (κ3) is 4.46. The van der Waals surface area contributed by atoms with E-state index >= 15 is 0 Å².